The molecule has 0 aromatic heterocycles. The van der Waals surface area contributed by atoms with Crippen LogP contribution in [0.15, 0.2) is 0 Å². The zero-order valence-corrected chi connectivity index (χ0v) is 9.62. The summed E-state index contributed by atoms with van der Waals surface area (Å²) in [5.41, 5.74) is -0.542. The Kier molecular flexibility index (Phi) is 4.35. The third-order valence-electron chi connectivity index (χ3n) is 2.89. The first-order valence-electron chi connectivity index (χ1n) is 5.49. The van der Waals surface area contributed by atoms with E-state index in [9.17, 15) is 5.11 Å². The summed E-state index contributed by atoms with van der Waals surface area (Å²) in [6.07, 6.45) is 3.09. The Balaban J connectivity index is 2.23. The van der Waals surface area contributed by atoms with Crippen LogP contribution in [-0.2, 0) is 4.74 Å². The van der Waals surface area contributed by atoms with Crippen molar-refractivity contribution in [3.63, 3.8) is 0 Å². The van der Waals surface area contributed by atoms with Gasteiger partial charge in [0.05, 0.1) is 5.60 Å². The lowest BCUT2D eigenvalue weighted by Crippen LogP contribution is -2.39. The van der Waals surface area contributed by atoms with Gasteiger partial charge >= 0.3 is 0 Å². The van der Waals surface area contributed by atoms with E-state index in [1.54, 1.807) is 0 Å². The molecule has 0 aromatic rings. The van der Waals surface area contributed by atoms with Gasteiger partial charge in [-0.15, -0.1) is 0 Å². The van der Waals surface area contributed by atoms with Gasteiger partial charge in [-0.2, -0.15) is 0 Å². The van der Waals surface area contributed by atoms with Gasteiger partial charge in [-0.3, -0.25) is 0 Å². The second-order valence-corrected chi connectivity index (χ2v) is 4.89. The quantitative estimate of drug-likeness (QED) is 0.743. The summed E-state index contributed by atoms with van der Waals surface area (Å²) >= 11 is 0. The van der Waals surface area contributed by atoms with Gasteiger partial charge in [0, 0.05) is 25.8 Å². The Morgan fingerprint density at radius 2 is 1.93 bits per heavy atom. The fraction of sp³-hybridized carbons (Fsp3) is 1.00. The van der Waals surface area contributed by atoms with Crippen LogP contribution in [0, 0.1) is 0 Å². The lowest BCUT2D eigenvalue weighted by Gasteiger charge is -2.32. The monoisotopic (exact) mass is 201 g/mol. The van der Waals surface area contributed by atoms with E-state index in [2.05, 4.69) is 11.9 Å². The van der Waals surface area contributed by atoms with Gasteiger partial charge in [0.1, 0.15) is 0 Å². The maximum absolute atomic E-state index is 9.61. The van der Waals surface area contributed by atoms with Crippen LogP contribution in [-0.4, -0.2) is 48.5 Å². The van der Waals surface area contributed by atoms with E-state index in [1.165, 1.54) is 0 Å². The molecular formula is C11H23NO2. The molecule has 1 fully saturated rings. The van der Waals surface area contributed by atoms with Crippen molar-refractivity contribution in [2.75, 3.05) is 26.8 Å². The Morgan fingerprint density at radius 3 is 2.43 bits per heavy atom. The summed E-state index contributed by atoms with van der Waals surface area (Å²) < 4.78 is 5.32. The van der Waals surface area contributed by atoms with Gasteiger partial charge in [0.25, 0.3) is 0 Å². The van der Waals surface area contributed by atoms with Gasteiger partial charge in [0.15, 0.2) is 0 Å². The molecule has 0 unspecified atom stereocenters. The fourth-order valence-corrected chi connectivity index (χ4v) is 1.76. The van der Waals surface area contributed by atoms with Gasteiger partial charge in [-0.1, -0.05) is 0 Å². The zero-order chi connectivity index (χ0) is 10.6. The molecular weight excluding hydrogens is 178 g/mol. The molecule has 0 bridgehead atoms. The molecule has 1 rings (SSSR count). The Labute approximate surface area is 87.1 Å². The first kappa shape index (κ1) is 12.0. The summed E-state index contributed by atoms with van der Waals surface area (Å²) in [7, 11) is 2.14. The highest BCUT2D eigenvalue weighted by molar-refractivity contribution is 4.74. The minimum atomic E-state index is -0.542. The van der Waals surface area contributed by atoms with Gasteiger partial charge < -0.3 is 14.7 Å². The number of nitrogens with zero attached hydrogens (tertiary/aromatic N) is 1. The minimum Gasteiger partial charge on any atom is -0.390 e. The molecule has 1 N–H and O–H groups in total. The van der Waals surface area contributed by atoms with Crippen LogP contribution >= 0.6 is 0 Å². The normalized spacial score (nSPS) is 20.4. The molecule has 1 heterocycles. The van der Waals surface area contributed by atoms with Gasteiger partial charge in [-0.25, -0.2) is 0 Å². The van der Waals surface area contributed by atoms with E-state index < -0.39 is 5.60 Å². The zero-order valence-electron chi connectivity index (χ0n) is 9.62. The van der Waals surface area contributed by atoms with Crippen LogP contribution in [0.1, 0.15) is 33.1 Å². The highest BCUT2D eigenvalue weighted by Crippen LogP contribution is 2.15. The van der Waals surface area contributed by atoms with Crippen molar-refractivity contribution in [1.29, 1.82) is 0 Å². The molecule has 0 atom stereocenters. The van der Waals surface area contributed by atoms with Crippen molar-refractivity contribution in [2.24, 2.45) is 0 Å². The maximum Gasteiger partial charge on any atom is 0.0603 e. The molecule has 0 saturated carbocycles. The van der Waals surface area contributed by atoms with Crippen molar-refractivity contribution < 1.29 is 9.84 Å². The molecule has 0 aliphatic carbocycles. The van der Waals surface area contributed by atoms with Crippen molar-refractivity contribution in [2.45, 2.75) is 44.8 Å². The predicted molar refractivity (Wildman–Crippen MR) is 57.4 cm³/mol. The van der Waals surface area contributed by atoms with Crippen LogP contribution in [0.25, 0.3) is 0 Å². The average molecular weight is 201 g/mol. The van der Waals surface area contributed by atoms with Crippen molar-refractivity contribution >= 4 is 0 Å². The molecule has 0 amide bonds. The number of hydrogen-bond acceptors (Lipinski definition) is 3. The number of aliphatic hydroxyl groups is 1. The van der Waals surface area contributed by atoms with Crippen molar-refractivity contribution in [3.8, 4) is 0 Å². The molecule has 84 valence electrons. The summed E-state index contributed by atoms with van der Waals surface area (Å²) in [5, 5.41) is 9.61. The smallest absolute Gasteiger partial charge is 0.0603 e. The first-order chi connectivity index (χ1) is 6.49. The molecule has 0 radical (unpaired) electrons. The third-order valence-corrected chi connectivity index (χ3v) is 2.89. The first-order valence-corrected chi connectivity index (χ1v) is 5.49. The molecule has 1 aliphatic rings. The van der Waals surface area contributed by atoms with Crippen LogP contribution in [0.5, 0.6) is 0 Å². The molecule has 0 aromatic carbocycles. The van der Waals surface area contributed by atoms with Crippen molar-refractivity contribution in [3.05, 3.63) is 0 Å². The second kappa shape index (κ2) is 5.10. The minimum absolute atomic E-state index is 0.542. The van der Waals surface area contributed by atoms with Crippen LogP contribution in [0.4, 0.5) is 0 Å². The highest BCUT2D eigenvalue weighted by Gasteiger charge is 2.20. The van der Waals surface area contributed by atoms with Crippen LogP contribution < -0.4 is 0 Å². The molecule has 1 aliphatic heterocycles. The summed E-state index contributed by atoms with van der Waals surface area (Å²) in [4.78, 5) is 2.35. The number of ether oxygens (including phenoxy) is 1. The molecule has 1 saturated heterocycles. The Morgan fingerprint density at radius 1 is 1.36 bits per heavy atom. The summed E-state index contributed by atoms with van der Waals surface area (Å²) in [6.45, 7) is 6.47. The van der Waals surface area contributed by atoms with E-state index in [0.717, 1.165) is 39.0 Å². The standard InChI is InChI=1S/C11H23NO2/c1-11(2,13)6-7-12(3)10-4-8-14-9-5-10/h10,13H,4-9H2,1-3H3. The Bertz CT molecular complexity index is 159. The van der Waals surface area contributed by atoms with E-state index in [-0.39, 0.29) is 0 Å². The Hall–Kier alpha value is -0.120. The van der Waals surface area contributed by atoms with E-state index in [1.807, 2.05) is 13.8 Å². The lowest BCUT2D eigenvalue weighted by molar-refractivity contribution is 0.0240. The number of hydrogen-bond donors (Lipinski definition) is 1. The molecule has 14 heavy (non-hydrogen) atoms. The lowest BCUT2D eigenvalue weighted by atomic mass is 10.0. The SMILES string of the molecule is CN(CCC(C)(C)O)C1CCOCC1. The van der Waals surface area contributed by atoms with Crippen LogP contribution in [0.3, 0.4) is 0 Å². The largest absolute Gasteiger partial charge is 0.390 e. The molecule has 3 heteroatoms. The van der Waals surface area contributed by atoms with Crippen molar-refractivity contribution in [1.82, 2.24) is 4.90 Å². The predicted octanol–water partition coefficient (Wildman–Crippen LogP) is 1.26. The fourth-order valence-electron chi connectivity index (χ4n) is 1.76. The number of rotatable bonds is 4. The van der Waals surface area contributed by atoms with E-state index in [4.69, 9.17) is 4.74 Å². The highest BCUT2D eigenvalue weighted by atomic mass is 16.5. The van der Waals surface area contributed by atoms with Gasteiger partial charge in [0.2, 0.25) is 0 Å². The molecule has 3 nitrogen and oxygen atoms in total. The summed E-state index contributed by atoms with van der Waals surface area (Å²) in [6, 6.07) is 0.645. The maximum atomic E-state index is 9.61. The second-order valence-electron chi connectivity index (χ2n) is 4.89. The topological polar surface area (TPSA) is 32.7 Å². The average Bonchev–Trinajstić information content (AvgIpc) is 2.14. The summed E-state index contributed by atoms with van der Waals surface area (Å²) in [5.74, 6) is 0. The van der Waals surface area contributed by atoms with Crippen LogP contribution in [0.2, 0.25) is 0 Å². The third kappa shape index (κ3) is 4.40. The van der Waals surface area contributed by atoms with E-state index in [0.29, 0.717) is 6.04 Å². The molecule has 0 spiro atoms. The van der Waals surface area contributed by atoms with E-state index >= 15 is 0 Å². The van der Waals surface area contributed by atoms with Gasteiger partial charge in [-0.05, 0) is 40.2 Å².